The first-order valence-electron chi connectivity index (χ1n) is 8.78. The Morgan fingerprint density at radius 3 is 2.81 bits per heavy atom. The molecule has 0 unspecified atom stereocenters. The zero-order valence-electron chi connectivity index (χ0n) is 15.3. The summed E-state index contributed by atoms with van der Waals surface area (Å²) >= 11 is 7.18. The molecule has 1 aliphatic heterocycles. The van der Waals surface area contributed by atoms with Gasteiger partial charge in [0, 0.05) is 17.5 Å². The van der Waals surface area contributed by atoms with Crippen LogP contribution in [-0.4, -0.2) is 28.3 Å². The lowest BCUT2D eigenvalue weighted by molar-refractivity contribution is 0.142. The van der Waals surface area contributed by atoms with Crippen molar-refractivity contribution in [2.45, 2.75) is 32.7 Å². The molecule has 0 N–H and O–H groups in total. The summed E-state index contributed by atoms with van der Waals surface area (Å²) in [5, 5.41) is 6.66. The van der Waals surface area contributed by atoms with Gasteiger partial charge in [-0.1, -0.05) is 0 Å². The first kappa shape index (κ1) is 18.2. The number of thiophene rings is 1. The normalized spacial score (nSPS) is 16.9. The standard InChI is InChI=1S/C19H21N3O3S2/c1-13-16-8-10-27-17(16)7-9-21(13)12-22-19(26)25-18(20-22)11-24-15-5-3-14(23-2)4-6-15/h3-6,8,10,13H,7,9,11-12H2,1-2H3/t13-/m1/s1. The van der Waals surface area contributed by atoms with Crippen LogP contribution in [-0.2, 0) is 19.7 Å². The van der Waals surface area contributed by atoms with Crippen molar-refractivity contribution in [2.75, 3.05) is 13.7 Å². The molecule has 3 heterocycles. The average molecular weight is 404 g/mol. The topological polar surface area (TPSA) is 52.7 Å². The Morgan fingerprint density at radius 1 is 1.26 bits per heavy atom. The van der Waals surface area contributed by atoms with Crippen molar-refractivity contribution in [3.8, 4) is 11.5 Å². The fourth-order valence-electron chi connectivity index (χ4n) is 3.24. The average Bonchev–Trinajstić information content (AvgIpc) is 3.30. The highest BCUT2D eigenvalue weighted by molar-refractivity contribution is 7.71. The molecule has 1 aromatic carbocycles. The van der Waals surface area contributed by atoms with Gasteiger partial charge in [0.25, 0.3) is 10.7 Å². The van der Waals surface area contributed by atoms with Gasteiger partial charge in [-0.3, -0.25) is 4.90 Å². The minimum absolute atomic E-state index is 0.229. The molecule has 0 radical (unpaired) electrons. The Bertz CT molecular complexity index is 961. The van der Waals surface area contributed by atoms with Gasteiger partial charge in [-0.15, -0.1) is 16.4 Å². The van der Waals surface area contributed by atoms with Gasteiger partial charge in [-0.05, 0) is 66.8 Å². The predicted molar refractivity (Wildman–Crippen MR) is 106 cm³/mol. The monoisotopic (exact) mass is 403 g/mol. The third-order valence-electron chi connectivity index (χ3n) is 4.79. The molecule has 0 bridgehead atoms. The third kappa shape index (κ3) is 3.92. The fraction of sp³-hybridized carbons (Fsp3) is 0.368. The highest BCUT2D eigenvalue weighted by Crippen LogP contribution is 2.33. The number of ether oxygens (including phenoxy) is 2. The zero-order chi connectivity index (χ0) is 18.8. The number of fused-ring (bicyclic) bond motifs is 1. The molecular weight excluding hydrogens is 382 g/mol. The number of rotatable bonds is 6. The van der Waals surface area contributed by atoms with Crippen LogP contribution in [0.4, 0.5) is 0 Å². The SMILES string of the molecule is COc1ccc(OCc2nn(CN3CCc4sccc4[C@H]3C)c(=S)o2)cc1. The molecule has 1 atom stereocenters. The number of methoxy groups -OCH3 is 1. The van der Waals surface area contributed by atoms with E-state index in [0.717, 1.165) is 24.5 Å². The van der Waals surface area contributed by atoms with Gasteiger partial charge in [-0.25, -0.2) is 4.68 Å². The van der Waals surface area contributed by atoms with Gasteiger partial charge in [-0.2, -0.15) is 0 Å². The molecular formula is C19H21N3O3S2. The molecule has 3 aromatic rings. The van der Waals surface area contributed by atoms with E-state index < -0.39 is 0 Å². The molecule has 6 nitrogen and oxygen atoms in total. The first-order valence-corrected chi connectivity index (χ1v) is 10.1. The third-order valence-corrected chi connectivity index (χ3v) is 6.08. The second-order valence-corrected chi connectivity index (χ2v) is 7.75. The van der Waals surface area contributed by atoms with E-state index in [4.69, 9.17) is 26.1 Å². The molecule has 1 aliphatic rings. The fourth-order valence-corrected chi connectivity index (χ4v) is 4.40. The van der Waals surface area contributed by atoms with E-state index in [9.17, 15) is 0 Å². The number of hydrogen-bond donors (Lipinski definition) is 0. The Hall–Kier alpha value is -2.16. The molecule has 2 aromatic heterocycles. The lowest BCUT2D eigenvalue weighted by atomic mass is 10.0. The molecule has 8 heteroatoms. The summed E-state index contributed by atoms with van der Waals surface area (Å²) in [4.78, 5) is 4.21. The van der Waals surface area contributed by atoms with Crippen molar-refractivity contribution in [2.24, 2.45) is 0 Å². The largest absolute Gasteiger partial charge is 0.497 e. The van der Waals surface area contributed by atoms with Crippen LogP contribution < -0.4 is 9.47 Å². The summed E-state index contributed by atoms with van der Waals surface area (Å²) in [6.07, 6.45) is 1.07. The summed E-state index contributed by atoms with van der Waals surface area (Å²) in [5.74, 6) is 1.98. The maximum absolute atomic E-state index is 5.72. The second-order valence-electron chi connectivity index (χ2n) is 6.40. The van der Waals surface area contributed by atoms with Crippen LogP contribution in [0.15, 0.2) is 40.1 Å². The van der Waals surface area contributed by atoms with Crippen LogP contribution in [0, 0.1) is 4.84 Å². The molecule has 0 fully saturated rings. The number of aromatic nitrogens is 2. The lowest BCUT2D eigenvalue weighted by Crippen LogP contribution is -2.35. The van der Waals surface area contributed by atoms with E-state index in [1.165, 1.54) is 10.4 Å². The van der Waals surface area contributed by atoms with E-state index in [1.807, 2.05) is 35.6 Å². The molecule has 4 rings (SSSR count). The van der Waals surface area contributed by atoms with Crippen molar-refractivity contribution in [3.05, 3.63) is 56.9 Å². The molecule has 0 spiro atoms. The Balaban J connectivity index is 1.40. The number of nitrogens with zero attached hydrogens (tertiary/aromatic N) is 3. The summed E-state index contributed by atoms with van der Waals surface area (Å²) in [6, 6.07) is 9.95. The Morgan fingerprint density at radius 2 is 2.04 bits per heavy atom. The van der Waals surface area contributed by atoms with Gasteiger partial charge in [0.1, 0.15) is 11.5 Å². The van der Waals surface area contributed by atoms with Crippen molar-refractivity contribution < 1.29 is 13.9 Å². The molecule has 0 aliphatic carbocycles. The van der Waals surface area contributed by atoms with Gasteiger partial charge in [0.15, 0.2) is 6.61 Å². The second kappa shape index (κ2) is 7.84. The highest BCUT2D eigenvalue weighted by Gasteiger charge is 2.25. The van der Waals surface area contributed by atoms with E-state index in [-0.39, 0.29) is 6.61 Å². The van der Waals surface area contributed by atoms with Crippen LogP contribution in [0.25, 0.3) is 0 Å². The minimum Gasteiger partial charge on any atom is -0.497 e. The molecule has 0 amide bonds. The van der Waals surface area contributed by atoms with Gasteiger partial charge < -0.3 is 13.9 Å². The van der Waals surface area contributed by atoms with E-state index in [0.29, 0.717) is 23.4 Å². The van der Waals surface area contributed by atoms with E-state index in [2.05, 4.69) is 28.4 Å². The number of hydrogen-bond acceptors (Lipinski definition) is 7. The quantitative estimate of drug-likeness (QED) is 0.568. The molecule has 27 heavy (non-hydrogen) atoms. The zero-order valence-corrected chi connectivity index (χ0v) is 16.9. The summed E-state index contributed by atoms with van der Waals surface area (Å²) in [5.41, 5.74) is 1.41. The predicted octanol–water partition coefficient (Wildman–Crippen LogP) is 4.43. The van der Waals surface area contributed by atoms with Crippen LogP contribution in [0.3, 0.4) is 0 Å². The maximum Gasteiger partial charge on any atom is 0.288 e. The summed E-state index contributed by atoms with van der Waals surface area (Å²) < 4.78 is 18.2. The molecule has 0 saturated carbocycles. The van der Waals surface area contributed by atoms with Crippen LogP contribution in [0.2, 0.25) is 0 Å². The van der Waals surface area contributed by atoms with Gasteiger partial charge in [0.05, 0.1) is 13.8 Å². The van der Waals surface area contributed by atoms with E-state index >= 15 is 0 Å². The van der Waals surface area contributed by atoms with E-state index in [1.54, 1.807) is 11.8 Å². The summed E-state index contributed by atoms with van der Waals surface area (Å²) in [6.45, 7) is 4.05. The smallest absolute Gasteiger partial charge is 0.288 e. The van der Waals surface area contributed by atoms with Gasteiger partial charge >= 0.3 is 0 Å². The van der Waals surface area contributed by atoms with Crippen molar-refractivity contribution >= 4 is 23.6 Å². The first-order chi connectivity index (χ1) is 13.1. The maximum atomic E-state index is 5.72. The highest BCUT2D eigenvalue weighted by atomic mass is 32.1. The van der Waals surface area contributed by atoms with Crippen LogP contribution in [0.5, 0.6) is 11.5 Å². The van der Waals surface area contributed by atoms with Crippen molar-refractivity contribution in [3.63, 3.8) is 0 Å². The summed E-state index contributed by atoms with van der Waals surface area (Å²) in [7, 11) is 1.63. The van der Waals surface area contributed by atoms with Crippen molar-refractivity contribution in [1.82, 2.24) is 14.7 Å². The minimum atomic E-state index is 0.229. The van der Waals surface area contributed by atoms with Crippen LogP contribution in [0.1, 0.15) is 29.3 Å². The molecule has 0 saturated heterocycles. The molecule has 142 valence electrons. The number of benzene rings is 1. The van der Waals surface area contributed by atoms with Crippen molar-refractivity contribution in [1.29, 1.82) is 0 Å². The van der Waals surface area contributed by atoms with Crippen LogP contribution >= 0.6 is 23.6 Å². The Kier molecular flexibility index (Phi) is 5.29. The van der Waals surface area contributed by atoms with Gasteiger partial charge in [0.2, 0.25) is 0 Å². The lowest BCUT2D eigenvalue weighted by Gasteiger charge is -2.32. The Labute approximate surface area is 166 Å².